The molecule has 0 aromatic heterocycles. The summed E-state index contributed by atoms with van der Waals surface area (Å²) in [4.78, 5) is 13.7. The maximum absolute atomic E-state index is 11.5. The van der Waals surface area contributed by atoms with Crippen LogP contribution in [0.15, 0.2) is 24.3 Å². The number of carbonyl (C=O) groups excluding carboxylic acids is 1. The fraction of sp³-hybridized carbons (Fsp3) is 0.533. The van der Waals surface area contributed by atoms with Crippen molar-refractivity contribution in [2.45, 2.75) is 33.4 Å². The average molecular weight is 249 g/mol. The van der Waals surface area contributed by atoms with Gasteiger partial charge in [-0.05, 0) is 32.0 Å². The first-order valence-electron chi connectivity index (χ1n) is 6.30. The molecule has 0 saturated carbocycles. The number of aryl methyl sites for hydroxylation is 1. The predicted octanol–water partition coefficient (Wildman–Crippen LogP) is 2.62. The monoisotopic (exact) mass is 249 g/mol. The molecule has 18 heavy (non-hydrogen) atoms. The summed E-state index contributed by atoms with van der Waals surface area (Å²) in [6, 6.07) is 8.47. The van der Waals surface area contributed by atoms with Crippen LogP contribution in [0.4, 0.5) is 0 Å². The van der Waals surface area contributed by atoms with Crippen molar-refractivity contribution >= 4 is 5.97 Å². The first-order chi connectivity index (χ1) is 8.47. The molecular formula is C15H23NO2. The largest absolute Gasteiger partial charge is 0.469 e. The molecule has 3 heteroatoms. The minimum atomic E-state index is -0.154. The van der Waals surface area contributed by atoms with E-state index in [0.717, 1.165) is 6.54 Å². The standard InChI is InChI=1S/C15H23NO2/c1-11-8-6-7-9-14(11)10-16(4)13(3)12(2)15(17)18-5/h6-9,12-13H,10H2,1-5H3. The number of carbonyl (C=O) groups is 1. The minimum Gasteiger partial charge on any atom is -0.469 e. The van der Waals surface area contributed by atoms with E-state index >= 15 is 0 Å². The Morgan fingerprint density at radius 2 is 1.94 bits per heavy atom. The molecule has 0 heterocycles. The zero-order chi connectivity index (χ0) is 13.7. The second-order valence-electron chi connectivity index (χ2n) is 4.89. The van der Waals surface area contributed by atoms with E-state index in [-0.39, 0.29) is 17.9 Å². The van der Waals surface area contributed by atoms with Crippen LogP contribution in [0, 0.1) is 12.8 Å². The lowest BCUT2D eigenvalue weighted by Crippen LogP contribution is -2.38. The Hall–Kier alpha value is -1.35. The van der Waals surface area contributed by atoms with Crippen LogP contribution in [-0.4, -0.2) is 31.1 Å². The Labute approximate surface area is 110 Å². The van der Waals surface area contributed by atoms with Crippen LogP contribution in [0.25, 0.3) is 0 Å². The summed E-state index contributed by atoms with van der Waals surface area (Å²) in [5.41, 5.74) is 2.58. The molecule has 0 spiro atoms. The van der Waals surface area contributed by atoms with Crippen molar-refractivity contribution in [3.63, 3.8) is 0 Å². The van der Waals surface area contributed by atoms with Gasteiger partial charge in [-0.3, -0.25) is 9.69 Å². The van der Waals surface area contributed by atoms with Crippen LogP contribution in [0.5, 0.6) is 0 Å². The number of ether oxygens (including phenoxy) is 1. The Bertz CT molecular complexity index is 403. The second-order valence-corrected chi connectivity index (χ2v) is 4.89. The van der Waals surface area contributed by atoms with Crippen molar-refractivity contribution in [2.75, 3.05) is 14.2 Å². The Morgan fingerprint density at radius 1 is 1.33 bits per heavy atom. The van der Waals surface area contributed by atoms with E-state index in [1.807, 2.05) is 26.1 Å². The van der Waals surface area contributed by atoms with Crippen molar-refractivity contribution in [1.82, 2.24) is 4.90 Å². The highest BCUT2D eigenvalue weighted by Crippen LogP contribution is 2.16. The van der Waals surface area contributed by atoms with E-state index in [4.69, 9.17) is 4.74 Å². The molecule has 0 aliphatic rings. The van der Waals surface area contributed by atoms with Crippen molar-refractivity contribution < 1.29 is 9.53 Å². The van der Waals surface area contributed by atoms with E-state index < -0.39 is 0 Å². The second kappa shape index (κ2) is 6.55. The highest BCUT2D eigenvalue weighted by molar-refractivity contribution is 5.72. The van der Waals surface area contributed by atoms with E-state index in [9.17, 15) is 4.79 Å². The van der Waals surface area contributed by atoms with Gasteiger partial charge in [-0.2, -0.15) is 0 Å². The molecule has 1 aromatic carbocycles. The Morgan fingerprint density at radius 3 is 2.50 bits per heavy atom. The molecule has 2 atom stereocenters. The molecule has 0 bridgehead atoms. The van der Waals surface area contributed by atoms with Gasteiger partial charge in [0.05, 0.1) is 13.0 Å². The van der Waals surface area contributed by atoms with Crippen molar-refractivity contribution in [3.05, 3.63) is 35.4 Å². The fourth-order valence-corrected chi connectivity index (χ4v) is 1.96. The number of benzene rings is 1. The van der Waals surface area contributed by atoms with Gasteiger partial charge in [0.15, 0.2) is 0 Å². The zero-order valence-corrected chi connectivity index (χ0v) is 11.9. The molecular weight excluding hydrogens is 226 g/mol. The number of nitrogens with zero attached hydrogens (tertiary/aromatic N) is 1. The van der Waals surface area contributed by atoms with Crippen LogP contribution in [0.3, 0.4) is 0 Å². The van der Waals surface area contributed by atoms with Gasteiger partial charge in [0.1, 0.15) is 0 Å². The van der Waals surface area contributed by atoms with Gasteiger partial charge in [-0.25, -0.2) is 0 Å². The molecule has 100 valence electrons. The van der Waals surface area contributed by atoms with Crippen LogP contribution in [0.1, 0.15) is 25.0 Å². The summed E-state index contributed by atoms with van der Waals surface area (Å²) in [5.74, 6) is -0.275. The van der Waals surface area contributed by atoms with Crippen molar-refractivity contribution in [2.24, 2.45) is 5.92 Å². The molecule has 2 unspecified atom stereocenters. The third kappa shape index (κ3) is 3.57. The smallest absolute Gasteiger partial charge is 0.309 e. The summed E-state index contributed by atoms with van der Waals surface area (Å²) >= 11 is 0. The van der Waals surface area contributed by atoms with E-state index in [2.05, 4.69) is 30.9 Å². The van der Waals surface area contributed by atoms with Gasteiger partial charge >= 0.3 is 5.97 Å². The SMILES string of the molecule is COC(=O)C(C)C(C)N(C)Cc1ccccc1C. The number of rotatable bonds is 5. The lowest BCUT2D eigenvalue weighted by molar-refractivity contribution is -0.146. The number of esters is 1. The normalized spacial score (nSPS) is 14.3. The van der Waals surface area contributed by atoms with Crippen molar-refractivity contribution in [3.8, 4) is 0 Å². The maximum Gasteiger partial charge on any atom is 0.309 e. The van der Waals surface area contributed by atoms with Gasteiger partial charge < -0.3 is 4.74 Å². The van der Waals surface area contributed by atoms with Crippen LogP contribution in [-0.2, 0) is 16.1 Å². The van der Waals surface area contributed by atoms with Gasteiger partial charge in [0.25, 0.3) is 0 Å². The molecule has 1 aromatic rings. The summed E-state index contributed by atoms with van der Waals surface area (Å²) in [6.45, 7) is 6.91. The zero-order valence-electron chi connectivity index (χ0n) is 11.9. The number of hydrogen-bond donors (Lipinski definition) is 0. The summed E-state index contributed by atoms with van der Waals surface area (Å²) in [7, 11) is 3.48. The van der Waals surface area contributed by atoms with Gasteiger partial charge in [0, 0.05) is 12.6 Å². The molecule has 0 amide bonds. The van der Waals surface area contributed by atoms with Crippen molar-refractivity contribution in [1.29, 1.82) is 0 Å². The Kier molecular flexibility index (Phi) is 5.35. The summed E-state index contributed by atoms with van der Waals surface area (Å²) < 4.78 is 4.79. The van der Waals surface area contributed by atoms with Crippen LogP contribution >= 0.6 is 0 Å². The lowest BCUT2D eigenvalue weighted by Gasteiger charge is -2.28. The fourth-order valence-electron chi connectivity index (χ4n) is 1.96. The first-order valence-corrected chi connectivity index (χ1v) is 6.30. The molecule has 1 rings (SSSR count). The number of hydrogen-bond acceptors (Lipinski definition) is 3. The quantitative estimate of drug-likeness (QED) is 0.751. The van der Waals surface area contributed by atoms with Gasteiger partial charge in [-0.1, -0.05) is 31.2 Å². The highest BCUT2D eigenvalue weighted by Gasteiger charge is 2.24. The van der Waals surface area contributed by atoms with Gasteiger partial charge in [-0.15, -0.1) is 0 Å². The molecule has 0 N–H and O–H groups in total. The van der Waals surface area contributed by atoms with E-state index in [1.54, 1.807) is 0 Å². The summed E-state index contributed by atoms with van der Waals surface area (Å²) in [6.07, 6.45) is 0. The molecule has 0 saturated heterocycles. The Balaban J connectivity index is 2.68. The minimum absolute atomic E-state index is 0.121. The van der Waals surface area contributed by atoms with Crippen LogP contribution < -0.4 is 0 Å². The van der Waals surface area contributed by atoms with E-state index in [0.29, 0.717) is 0 Å². The molecule has 3 nitrogen and oxygen atoms in total. The molecule has 0 aliphatic carbocycles. The predicted molar refractivity (Wildman–Crippen MR) is 73.3 cm³/mol. The topological polar surface area (TPSA) is 29.5 Å². The van der Waals surface area contributed by atoms with Gasteiger partial charge in [0.2, 0.25) is 0 Å². The molecule has 0 aliphatic heterocycles. The maximum atomic E-state index is 11.5. The lowest BCUT2D eigenvalue weighted by atomic mass is 10.0. The average Bonchev–Trinajstić information content (AvgIpc) is 2.38. The van der Waals surface area contributed by atoms with Crippen LogP contribution in [0.2, 0.25) is 0 Å². The highest BCUT2D eigenvalue weighted by atomic mass is 16.5. The molecule has 0 radical (unpaired) electrons. The molecule has 0 fully saturated rings. The van der Waals surface area contributed by atoms with E-state index in [1.165, 1.54) is 18.2 Å². The third-order valence-corrected chi connectivity index (χ3v) is 3.67. The number of methoxy groups -OCH3 is 1. The third-order valence-electron chi connectivity index (χ3n) is 3.67. The first kappa shape index (κ1) is 14.7. The summed E-state index contributed by atoms with van der Waals surface area (Å²) in [5, 5.41) is 0.